The number of benzene rings is 1. The zero-order valence-corrected chi connectivity index (χ0v) is 14.5. The first-order chi connectivity index (χ1) is 12.1. The number of methoxy groups -OCH3 is 1. The number of carbonyl (C=O) groups is 1. The molecule has 25 heavy (non-hydrogen) atoms. The molecule has 4 nitrogen and oxygen atoms in total. The quantitative estimate of drug-likeness (QED) is 0.613. The summed E-state index contributed by atoms with van der Waals surface area (Å²) in [5, 5.41) is 0. The molecule has 0 atom stereocenters. The second-order valence-corrected chi connectivity index (χ2v) is 8.31. The van der Waals surface area contributed by atoms with Crippen molar-refractivity contribution in [3.8, 4) is 5.75 Å². The zero-order chi connectivity index (χ0) is 17.0. The van der Waals surface area contributed by atoms with Gasteiger partial charge in [-0.15, -0.1) is 0 Å². The minimum Gasteiger partial charge on any atom is -0.497 e. The second kappa shape index (κ2) is 5.45. The van der Waals surface area contributed by atoms with E-state index in [4.69, 9.17) is 9.47 Å². The van der Waals surface area contributed by atoms with Crippen molar-refractivity contribution in [2.24, 2.45) is 28.2 Å². The van der Waals surface area contributed by atoms with Crippen molar-refractivity contribution in [2.75, 3.05) is 7.11 Å². The summed E-state index contributed by atoms with van der Waals surface area (Å²) in [6, 6.07) is 7.63. The molecule has 4 bridgehead atoms. The van der Waals surface area contributed by atoms with Crippen molar-refractivity contribution < 1.29 is 14.3 Å². The molecule has 1 heterocycles. The molecule has 1 aliphatic heterocycles. The first-order valence-electron chi connectivity index (χ1n) is 9.31. The van der Waals surface area contributed by atoms with Gasteiger partial charge < -0.3 is 9.47 Å². The van der Waals surface area contributed by atoms with Crippen LogP contribution in [0.1, 0.15) is 44.1 Å². The molecule has 0 spiro atoms. The van der Waals surface area contributed by atoms with E-state index in [0.717, 1.165) is 48.3 Å². The van der Waals surface area contributed by atoms with Crippen LogP contribution in [0.5, 0.6) is 5.75 Å². The van der Waals surface area contributed by atoms with Crippen molar-refractivity contribution in [2.45, 2.75) is 38.5 Å². The summed E-state index contributed by atoms with van der Waals surface area (Å²) in [6.45, 7) is 0. The van der Waals surface area contributed by atoms with Gasteiger partial charge in [0.2, 0.25) is 5.90 Å². The number of aliphatic imine (C=N–C) groups is 1. The molecule has 4 aliphatic carbocycles. The predicted octanol–water partition coefficient (Wildman–Crippen LogP) is 4.21. The van der Waals surface area contributed by atoms with Gasteiger partial charge in [-0.05, 0) is 80.1 Å². The number of ether oxygens (including phenoxy) is 2. The smallest absolute Gasteiger partial charge is 0.363 e. The largest absolute Gasteiger partial charge is 0.497 e. The van der Waals surface area contributed by atoms with Gasteiger partial charge in [-0.25, -0.2) is 9.79 Å². The molecule has 0 amide bonds. The first kappa shape index (κ1) is 15.2. The number of esters is 1. The molecule has 130 valence electrons. The lowest BCUT2D eigenvalue weighted by Gasteiger charge is -2.55. The molecule has 5 aliphatic rings. The Morgan fingerprint density at radius 2 is 1.68 bits per heavy atom. The maximum atomic E-state index is 12.4. The number of cyclic esters (lactones) is 1. The number of hydrogen-bond donors (Lipinski definition) is 0. The van der Waals surface area contributed by atoms with Gasteiger partial charge in [0, 0.05) is 5.41 Å². The monoisotopic (exact) mass is 337 g/mol. The van der Waals surface area contributed by atoms with E-state index in [1.807, 2.05) is 30.3 Å². The third-order valence-corrected chi connectivity index (χ3v) is 6.53. The Kier molecular flexibility index (Phi) is 3.31. The van der Waals surface area contributed by atoms with Gasteiger partial charge in [-0.2, -0.15) is 0 Å². The molecular weight excluding hydrogens is 314 g/mol. The highest BCUT2D eigenvalue weighted by atomic mass is 16.6. The lowest BCUT2D eigenvalue weighted by Crippen LogP contribution is -2.50. The average Bonchev–Trinajstić information content (AvgIpc) is 2.96. The van der Waals surface area contributed by atoms with Crippen LogP contribution in [-0.2, 0) is 9.53 Å². The maximum Gasteiger partial charge on any atom is 0.363 e. The van der Waals surface area contributed by atoms with Crippen LogP contribution in [0.2, 0.25) is 0 Å². The van der Waals surface area contributed by atoms with E-state index in [2.05, 4.69) is 4.99 Å². The van der Waals surface area contributed by atoms with E-state index in [-0.39, 0.29) is 11.4 Å². The standard InChI is InChI=1S/C21H23NO3/c1-24-17-4-2-13(3-5-17)9-18-19(23)25-20(22-18)21-10-14-6-15(11-21)8-16(7-14)12-21/h2-5,9,14-16H,6-8,10-12H2,1H3/b18-9-. The minimum absolute atomic E-state index is 0.0277. The lowest BCUT2D eigenvalue weighted by molar-refractivity contribution is -0.131. The van der Waals surface area contributed by atoms with Crippen molar-refractivity contribution in [3.05, 3.63) is 35.5 Å². The Labute approximate surface area is 147 Å². The summed E-state index contributed by atoms with van der Waals surface area (Å²) >= 11 is 0. The molecule has 1 aromatic rings. The third kappa shape index (κ3) is 2.50. The highest BCUT2D eigenvalue weighted by Gasteiger charge is 2.55. The van der Waals surface area contributed by atoms with E-state index in [1.165, 1.54) is 19.3 Å². The van der Waals surface area contributed by atoms with Crippen LogP contribution < -0.4 is 4.74 Å². The normalized spacial score (nSPS) is 37.3. The fraction of sp³-hybridized carbons (Fsp3) is 0.524. The molecule has 1 aromatic carbocycles. The summed E-state index contributed by atoms with van der Waals surface area (Å²) in [7, 11) is 1.64. The zero-order valence-electron chi connectivity index (χ0n) is 14.5. The molecule has 0 aromatic heterocycles. The van der Waals surface area contributed by atoms with Crippen molar-refractivity contribution in [1.82, 2.24) is 0 Å². The van der Waals surface area contributed by atoms with Crippen LogP contribution in [0.4, 0.5) is 0 Å². The molecule has 0 N–H and O–H groups in total. The SMILES string of the molecule is COc1ccc(/C=C2\N=C(C34CC5CC(CC(C5)C3)C4)OC2=O)cc1. The summed E-state index contributed by atoms with van der Waals surface area (Å²) in [5.41, 5.74) is 1.39. The number of carbonyl (C=O) groups excluding carboxylic acids is 1. The Bertz CT molecular complexity index is 740. The molecular formula is C21H23NO3. The summed E-state index contributed by atoms with van der Waals surface area (Å²) in [4.78, 5) is 17.0. The number of hydrogen-bond acceptors (Lipinski definition) is 4. The molecule has 0 unspecified atom stereocenters. The molecule has 4 heteroatoms. The van der Waals surface area contributed by atoms with Crippen molar-refractivity contribution in [3.63, 3.8) is 0 Å². The molecule has 4 fully saturated rings. The van der Waals surface area contributed by atoms with Crippen molar-refractivity contribution in [1.29, 1.82) is 0 Å². The van der Waals surface area contributed by atoms with Crippen LogP contribution >= 0.6 is 0 Å². The molecule has 0 saturated heterocycles. The van der Waals surface area contributed by atoms with Crippen molar-refractivity contribution >= 4 is 17.9 Å². The summed E-state index contributed by atoms with van der Waals surface area (Å²) in [5.74, 6) is 3.62. The van der Waals surface area contributed by atoms with E-state index in [1.54, 1.807) is 7.11 Å². The molecule has 4 saturated carbocycles. The van der Waals surface area contributed by atoms with Gasteiger partial charge in [-0.3, -0.25) is 0 Å². The van der Waals surface area contributed by atoms with Crippen LogP contribution in [-0.4, -0.2) is 19.0 Å². The summed E-state index contributed by atoms with van der Waals surface area (Å²) < 4.78 is 10.9. The topological polar surface area (TPSA) is 47.9 Å². The van der Waals surface area contributed by atoms with E-state index >= 15 is 0 Å². The third-order valence-electron chi connectivity index (χ3n) is 6.53. The van der Waals surface area contributed by atoms with Crippen LogP contribution in [0.15, 0.2) is 35.0 Å². The second-order valence-electron chi connectivity index (χ2n) is 8.31. The number of nitrogens with zero attached hydrogens (tertiary/aromatic N) is 1. The van der Waals surface area contributed by atoms with E-state index in [9.17, 15) is 4.79 Å². The van der Waals surface area contributed by atoms with Gasteiger partial charge in [0.05, 0.1) is 7.11 Å². The Morgan fingerprint density at radius 3 is 2.24 bits per heavy atom. The Morgan fingerprint density at radius 1 is 1.08 bits per heavy atom. The minimum atomic E-state index is -0.304. The van der Waals surface area contributed by atoms with Crippen LogP contribution in [0, 0.1) is 23.2 Å². The molecule has 6 rings (SSSR count). The highest BCUT2D eigenvalue weighted by Crippen LogP contribution is 2.61. The maximum absolute atomic E-state index is 12.4. The van der Waals surface area contributed by atoms with E-state index in [0.29, 0.717) is 11.6 Å². The Hall–Kier alpha value is -2.10. The fourth-order valence-corrected chi connectivity index (χ4v) is 5.87. The number of rotatable bonds is 3. The van der Waals surface area contributed by atoms with Gasteiger partial charge >= 0.3 is 5.97 Å². The molecule has 0 radical (unpaired) electrons. The average molecular weight is 337 g/mol. The van der Waals surface area contributed by atoms with Gasteiger partial charge in [0.15, 0.2) is 5.70 Å². The highest BCUT2D eigenvalue weighted by molar-refractivity contribution is 6.09. The lowest BCUT2D eigenvalue weighted by atomic mass is 9.49. The van der Waals surface area contributed by atoms with Gasteiger partial charge in [-0.1, -0.05) is 12.1 Å². The van der Waals surface area contributed by atoms with Crippen LogP contribution in [0.3, 0.4) is 0 Å². The van der Waals surface area contributed by atoms with Gasteiger partial charge in [0.25, 0.3) is 0 Å². The van der Waals surface area contributed by atoms with Gasteiger partial charge in [0.1, 0.15) is 5.75 Å². The predicted molar refractivity (Wildman–Crippen MR) is 95.1 cm³/mol. The summed E-state index contributed by atoms with van der Waals surface area (Å²) in [6.07, 6.45) is 9.39. The Balaban J connectivity index is 1.44. The van der Waals surface area contributed by atoms with E-state index < -0.39 is 0 Å². The first-order valence-corrected chi connectivity index (χ1v) is 9.31. The van der Waals surface area contributed by atoms with Crippen LogP contribution in [0.25, 0.3) is 6.08 Å². The fourth-order valence-electron chi connectivity index (χ4n) is 5.87.